The van der Waals surface area contributed by atoms with Crippen LogP contribution in [0.2, 0.25) is 0 Å². The Kier molecular flexibility index (Phi) is 3.98. The van der Waals surface area contributed by atoms with E-state index in [1.807, 2.05) is 0 Å². The van der Waals surface area contributed by atoms with Crippen LogP contribution >= 0.6 is 0 Å². The molecule has 102 valence electrons. The molecular weight excluding hydrogens is 252 g/mol. The minimum atomic E-state index is -0.989. The summed E-state index contributed by atoms with van der Waals surface area (Å²) in [6.45, 7) is -0.537. The van der Waals surface area contributed by atoms with Crippen molar-refractivity contribution >= 4 is 17.5 Å². The standard InChI is InChI=1S/C12H14N2O5/c15-5-8(16)4-13-12(18)7-1-2-9-10(3-7)19-6-11(17)14-9/h1-3,8,15-16H,4-6H2,(H,13,18)(H,14,17). The summed E-state index contributed by atoms with van der Waals surface area (Å²) in [5, 5.41) is 22.9. The van der Waals surface area contributed by atoms with Crippen molar-refractivity contribution in [2.24, 2.45) is 0 Å². The SMILES string of the molecule is O=C1COc2cc(C(=O)NCC(O)CO)ccc2N1. The lowest BCUT2D eigenvalue weighted by Crippen LogP contribution is -2.34. The number of amides is 2. The first-order chi connectivity index (χ1) is 9.10. The van der Waals surface area contributed by atoms with Gasteiger partial charge in [-0.2, -0.15) is 0 Å². The number of ether oxygens (including phenoxy) is 1. The van der Waals surface area contributed by atoms with Crippen LogP contribution in [0.5, 0.6) is 5.75 Å². The average Bonchev–Trinajstić information content (AvgIpc) is 2.43. The van der Waals surface area contributed by atoms with E-state index in [9.17, 15) is 9.59 Å². The Bertz CT molecular complexity index is 503. The van der Waals surface area contributed by atoms with E-state index < -0.39 is 18.6 Å². The summed E-state index contributed by atoms with van der Waals surface area (Å²) < 4.78 is 5.19. The van der Waals surface area contributed by atoms with E-state index in [4.69, 9.17) is 14.9 Å². The van der Waals surface area contributed by atoms with Gasteiger partial charge >= 0.3 is 0 Å². The fourth-order valence-electron chi connectivity index (χ4n) is 1.59. The Morgan fingerprint density at radius 2 is 2.32 bits per heavy atom. The molecule has 7 nitrogen and oxygen atoms in total. The third-order valence-corrected chi connectivity index (χ3v) is 2.59. The molecule has 1 aromatic rings. The number of anilines is 1. The van der Waals surface area contributed by atoms with Crippen LogP contribution in [0, 0.1) is 0 Å². The molecule has 4 N–H and O–H groups in total. The molecule has 19 heavy (non-hydrogen) atoms. The van der Waals surface area contributed by atoms with Gasteiger partial charge in [0, 0.05) is 12.1 Å². The molecule has 0 bridgehead atoms. The molecule has 0 saturated carbocycles. The summed E-state index contributed by atoms with van der Waals surface area (Å²) in [5.74, 6) is -0.207. The number of hydrogen-bond acceptors (Lipinski definition) is 5. The number of benzene rings is 1. The maximum absolute atomic E-state index is 11.8. The smallest absolute Gasteiger partial charge is 0.262 e. The molecule has 7 heteroatoms. The highest BCUT2D eigenvalue weighted by atomic mass is 16.5. The van der Waals surface area contributed by atoms with E-state index >= 15 is 0 Å². The van der Waals surface area contributed by atoms with Crippen LogP contribution in [0.25, 0.3) is 0 Å². The molecule has 1 atom stereocenters. The Morgan fingerprint density at radius 1 is 1.53 bits per heavy atom. The monoisotopic (exact) mass is 266 g/mol. The highest BCUT2D eigenvalue weighted by Crippen LogP contribution is 2.28. The molecule has 1 aromatic carbocycles. The van der Waals surface area contributed by atoms with Crippen LogP contribution in [-0.2, 0) is 4.79 Å². The van der Waals surface area contributed by atoms with Crippen molar-refractivity contribution < 1.29 is 24.5 Å². The van der Waals surface area contributed by atoms with E-state index in [0.29, 0.717) is 17.0 Å². The summed E-state index contributed by atoms with van der Waals surface area (Å²) >= 11 is 0. The Labute approximate surface area is 109 Å². The van der Waals surface area contributed by atoms with E-state index in [1.165, 1.54) is 12.1 Å². The van der Waals surface area contributed by atoms with Crippen molar-refractivity contribution in [3.05, 3.63) is 23.8 Å². The van der Waals surface area contributed by atoms with Crippen molar-refractivity contribution in [2.75, 3.05) is 25.1 Å². The molecule has 1 heterocycles. The number of fused-ring (bicyclic) bond motifs is 1. The minimum Gasteiger partial charge on any atom is -0.482 e. The van der Waals surface area contributed by atoms with Gasteiger partial charge in [-0.1, -0.05) is 0 Å². The largest absolute Gasteiger partial charge is 0.482 e. The third-order valence-electron chi connectivity index (χ3n) is 2.59. The summed E-state index contributed by atoms with van der Waals surface area (Å²) in [6, 6.07) is 4.62. The van der Waals surface area contributed by atoms with Crippen molar-refractivity contribution in [3.8, 4) is 5.75 Å². The molecule has 1 aliphatic rings. The molecule has 2 rings (SSSR count). The third kappa shape index (κ3) is 3.21. The fourth-order valence-corrected chi connectivity index (χ4v) is 1.59. The van der Waals surface area contributed by atoms with Crippen LogP contribution in [0.1, 0.15) is 10.4 Å². The van der Waals surface area contributed by atoms with Crippen LogP contribution in [-0.4, -0.2) is 47.9 Å². The molecule has 0 aromatic heterocycles. The molecular formula is C12H14N2O5. The average molecular weight is 266 g/mol. The zero-order valence-electron chi connectivity index (χ0n) is 10.0. The molecule has 0 aliphatic carbocycles. The van der Waals surface area contributed by atoms with E-state index in [0.717, 1.165) is 0 Å². The number of carbonyl (C=O) groups excluding carboxylic acids is 2. The van der Waals surface area contributed by atoms with Gasteiger partial charge in [-0.15, -0.1) is 0 Å². The first-order valence-corrected chi connectivity index (χ1v) is 5.74. The zero-order chi connectivity index (χ0) is 13.8. The predicted molar refractivity (Wildman–Crippen MR) is 66.0 cm³/mol. The molecule has 0 fully saturated rings. The van der Waals surface area contributed by atoms with Gasteiger partial charge in [-0.3, -0.25) is 9.59 Å². The number of nitrogens with one attached hydrogen (secondary N) is 2. The first kappa shape index (κ1) is 13.3. The second kappa shape index (κ2) is 5.68. The van der Waals surface area contributed by atoms with Gasteiger partial charge in [0.2, 0.25) is 0 Å². The summed E-state index contributed by atoms with van der Waals surface area (Å²) in [7, 11) is 0. The summed E-state index contributed by atoms with van der Waals surface area (Å²) in [4.78, 5) is 22.9. The number of aliphatic hydroxyl groups is 2. The molecule has 0 radical (unpaired) electrons. The summed E-state index contributed by atoms with van der Waals surface area (Å²) in [6.07, 6.45) is -0.989. The molecule has 1 aliphatic heterocycles. The highest BCUT2D eigenvalue weighted by molar-refractivity contribution is 5.98. The van der Waals surface area contributed by atoms with Gasteiger partial charge in [0.15, 0.2) is 6.61 Å². The number of rotatable bonds is 4. The lowest BCUT2D eigenvalue weighted by atomic mass is 10.1. The van der Waals surface area contributed by atoms with Gasteiger partial charge in [-0.05, 0) is 18.2 Å². The lowest BCUT2D eigenvalue weighted by Gasteiger charge is -2.18. The summed E-state index contributed by atoms with van der Waals surface area (Å²) in [5.41, 5.74) is 0.864. The highest BCUT2D eigenvalue weighted by Gasteiger charge is 2.18. The second-order valence-electron chi connectivity index (χ2n) is 4.09. The van der Waals surface area contributed by atoms with Crippen molar-refractivity contribution in [1.82, 2.24) is 5.32 Å². The Balaban J connectivity index is 2.05. The predicted octanol–water partition coefficient (Wildman–Crippen LogP) is -0.900. The number of hydrogen-bond donors (Lipinski definition) is 4. The van der Waals surface area contributed by atoms with Gasteiger partial charge in [0.05, 0.1) is 18.4 Å². The number of aliphatic hydroxyl groups excluding tert-OH is 2. The van der Waals surface area contributed by atoms with Crippen molar-refractivity contribution in [2.45, 2.75) is 6.10 Å². The molecule has 1 unspecified atom stereocenters. The quantitative estimate of drug-likeness (QED) is 0.565. The Morgan fingerprint density at radius 3 is 3.05 bits per heavy atom. The van der Waals surface area contributed by atoms with Gasteiger partial charge < -0.3 is 25.6 Å². The van der Waals surface area contributed by atoms with Gasteiger partial charge in [0.1, 0.15) is 5.75 Å². The van der Waals surface area contributed by atoms with Gasteiger partial charge in [0.25, 0.3) is 11.8 Å². The van der Waals surface area contributed by atoms with E-state index in [1.54, 1.807) is 6.07 Å². The van der Waals surface area contributed by atoms with Crippen LogP contribution in [0.3, 0.4) is 0 Å². The normalized spacial score (nSPS) is 14.9. The van der Waals surface area contributed by atoms with Crippen molar-refractivity contribution in [1.29, 1.82) is 0 Å². The van der Waals surface area contributed by atoms with E-state index in [-0.39, 0.29) is 19.1 Å². The Hall–Kier alpha value is -2.12. The first-order valence-electron chi connectivity index (χ1n) is 5.74. The van der Waals surface area contributed by atoms with Gasteiger partial charge in [-0.25, -0.2) is 0 Å². The van der Waals surface area contributed by atoms with E-state index in [2.05, 4.69) is 10.6 Å². The second-order valence-corrected chi connectivity index (χ2v) is 4.09. The molecule has 2 amide bonds. The molecule has 0 spiro atoms. The molecule has 0 saturated heterocycles. The maximum atomic E-state index is 11.8. The van der Waals surface area contributed by atoms with Crippen LogP contribution in [0.15, 0.2) is 18.2 Å². The van der Waals surface area contributed by atoms with Crippen LogP contribution < -0.4 is 15.4 Å². The van der Waals surface area contributed by atoms with Crippen molar-refractivity contribution in [3.63, 3.8) is 0 Å². The topological polar surface area (TPSA) is 108 Å². The fraction of sp³-hybridized carbons (Fsp3) is 0.333. The minimum absolute atomic E-state index is 0.0377. The maximum Gasteiger partial charge on any atom is 0.262 e. The lowest BCUT2D eigenvalue weighted by molar-refractivity contribution is -0.118. The van der Waals surface area contributed by atoms with Crippen LogP contribution in [0.4, 0.5) is 5.69 Å². The zero-order valence-corrected chi connectivity index (χ0v) is 10.0. The number of carbonyl (C=O) groups is 2.